The van der Waals surface area contributed by atoms with Gasteiger partial charge < -0.3 is 4.74 Å². The van der Waals surface area contributed by atoms with Crippen molar-refractivity contribution >= 4 is 23.4 Å². The van der Waals surface area contributed by atoms with Gasteiger partial charge in [0.05, 0.1) is 12.3 Å². The fraction of sp³-hybridized carbons (Fsp3) is 0.474. The van der Waals surface area contributed by atoms with E-state index in [2.05, 4.69) is 11.6 Å². The van der Waals surface area contributed by atoms with Gasteiger partial charge in [0, 0.05) is 17.9 Å². The van der Waals surface area contributed by atoms with E-state index in [-0.39, 0.29) is 24.0 Å². The monoisotopic (exact) mass is 369 g/mol. The van der Waals surface area contributed by atoms with E-state index in [4.69, 9.17) is 4.74 Å². The molecule has 25 heavy (non-hydrogen) atoms. The van der Waals surface area contributed by atoms with Crippen LogP contribution < -0.4 is 0 Å². The van der Waals surface area contributed by atoms with Gasteiger partial charge in [0.1, 0.15) is 9.88 Å². The Morgan fingerprint density at radius 1 is 1.32 bits per heavy atom. The van der Waals surface area contributed by atoms with Gasteiger partial charge in [0.2, 0.25) is 0 Å². The third-order valence-electron chi connectivity index (χ3n) is 3.28. The minimum Gasteiger partial charge on any atom is -0.462 e. The first kappa shape index (κ1) is 21.2. The molecule has 0 saturated heterocycles. The zero-order valence-electron chi connectivity index (χ0n) is 15.4. The number of ether oxygens (including phenoxy) is 1. The molecule has 0 unspecified atom stereocenters. The van der Waals surface area contributed by atoms with Crippen molar-refractivity contribution in [3.05, 3.63) is 46.0 Å². The van der Waals surface area contributed by atoms with Gasteiger partial charge >= 0.3 is 5.97 Å². The fourth-order valence-corrected chi connectivity index (χ4v) is 3.13. The van der Waals surface area contributed by atoms with Crippen molar-refractivity contribution in [2.24, 2.45) is 0 Å². The predicted molar refractivity (Wildman–Crippen MR) is 99.3 cm³/mol. The minimum atomic E-state index is -2.91. The molecule has 6 heteroatoms. The molecule has 1 aromatic heterocycles. The number of nitrogens with zero attached hydrogens (tertiary/aromatic N) is 1. The molecular weight excluding hydrogens is 344 g/mol. The summed E-state index contributed by atoms with van der Waals surface area (Å²) in [6, 6.07) is 0. The summed E-state index contributed by atoms with van der Waals surface area (Å²) < 4.78 is 32.1. The van der Waals surface area contributed by atoms with E-state index in [1.54, 1.807) is 13.0 Å². The lowest BCUT2D eigenvalue weighted by Gasteiger charge is -2.16. The number of alkyl halides is 2. The Labute approximate surface area is 152 Å². The van der Waals surface area contributed by atoms with Crippen LogP contribution in [0.2, 0.25) is 0 Å². The average molecular weight is 369 g/mol. The number of carbonyl (C=O) groups excluding carboxylic acids is 1. The highest BCUT2D eigenvalue weighted by Crippen LogP contribution is 2.31. The predicted octanol–water partition coefficient (Wildman–Crippen LogP) is 5.79. The summed E-state index contributed by atoms with van der Waals surface area (Å²) in [7, 11) is 0. The number of hydrogen-bond acceptors (Lipinski definition) is 4. The van der Waals surface area contributed by atoms with Crippen LogP contribution >= 0.6 is 11.3 Å². The van der Waals surface area contributed by atoms with Gasteiger partial charge in [-0.15, -0.1) is 17.9 Å². The smallest absolute Gasteiger partial charge is 0.350 e. The second kappa shape index (κ2) is 8.52. The van der Waals surface area contributed by atoms with Crippen LogP contribution in [0.5, 0.6) is 0 Å². The van der Waals surface area contributed by atoms with Crippen LogP contribution in [0.25, 0.3) is 6.08 Å². The molecular formula is C19H25F2NO2S. The molecule has 138 valence electrons. The zero-order valence-corrected chi connectivity index (χ0v) is 16.2. The Morgan fingerprint density at radius 2 is 1.96 bits per heavy atom. The molecule has 0 aromatic carbocycles. The first-order chi connectivity index (χ1) is 11.5. The standard InChI is InChI=1S/C19H25F2NO2S/c1-7-10-13(19(6,20)21)11-9-12-14-22-16(18(3,4)5)15(25-14)17(23)24-8-2/h7,9,11-12H,1,8,10H2,2-6H3/b12-9+,13-11+. The largest absolute Gasteiger partial charge is 0.462 e. The molecule has 0 aliphatic rings. The number of carbonyl (C=O) groups is 1. The van der Waals surface area contributed by atoms with Crippen molar-refractivity contribution in [1.29, 1.82) is 0 Å². The number of allylic oxidation sites excluding steroid dienone is 4. The van der Waals surface area contributed by atoms with Gasteiger partial charge in [0.25, 0.3) is 5.92 Å². The molecule has 1 rings (SSSR count). The van der Waals surface area contributed by atoms with Crippen molar-refractivity contribution in [1.82, 2.24) is 4.98 Å². The van der Waals surface area contributed by atoms with Gasteiger partial charge in [-0.3, -0.25) is 0 Å². The number of halogens is 2. The summed E-state index contributed by atoms with van der Waals surface area (Å²) in [6.07, 6.45) is 6.06. The Bertz CT molecular complexity index is 677. The van der Waals surface area contributed by atoms with Crippen LogP contribution in [0.4, 0.5) is 8.78 Å². The van der Waals surface area contributed by atoms with E-state index >= 15 is 0 Å². The second-order valence-electron chi connectivity index (χ2n) is 6.63. The van der Waals surface area contributed by atoms with Gasteiger partial charge in [-0.1, -0.05) is 39.0 Å². The van der Waals surface area contributed by atoms with Crippen molar-refractivity contribution in [2.75, 3.05) is 6.61 Å². The highest BCUT2D eigenvalue weighted by Gasteiger charge is 2.28. The van der Waals surface area contributed by atoms with Gasteiger partial charge in [0.15, 0.2) is 0 Å². The normalized spacial score (nSPS) is 13.3. The Morgan fingerprint density at radius 3 is 2.44 bits per heavy atom. The minimum absolute atomic E-state index is 0.0306. The van der Waals surface area contributed by atoms with Crippen LogP contribution in [0.1, 0.15) is 61.4 Å². The maximum atomic E-state index is 13.5. The van der Waals surface area contributed by atoms with Crippen molar-refractivity contribution in [3.8, 4) is 0 Å². The zero-order chi connectivity index (χ0) is 19.3. The Hall–Kier alpha value is -1.82. The van der Waals surface area contributed by atoms with Crippen LogP contribution in [0.3, 0.4) is 0 Å². The molecule has 0 aliphatic carbocycles. The summed E-state index contributed by atoms with van der Waals surface area (Å²) in [6.45, 7) is 12.3. The molecule has 0 radical (unpaired) electrons. The first-order valence-corrected chi connectivity index (χ1v) is 8.87. The van der Waals surface area contributed by atoms with Gasteiger partial charge in [-0.25, -0.2) is 18.6 Å². The highest BCUT2D eigenvalue weighted by atomic mass is 32.1. The maximum absolute atomic E-state index is 13.5. The number of hydrogen-bond donors (Lipinski definition) is 0. The third kappa shape index (κ3) is 6.20. The van der Waals surface area contributed by atoms with Crippen LogP contribution in [0.15, 0.2) is 30.4 Å². The SMILES string of the molecule is C=CC/C(=C\C=C\c1nc(C(C)(C)C)c(C(=O)OCC)s1)C(C)(F)F. The molecule has 0 atom stereocenters. The van der Waals surface area contributed by atoms with E-state index < -0.39 is 11.9 Å². The lowest BCUT2D eigenvalue weighted by molar-refractivity contribution is 0.0528. The number of aromatic nitrogens is 1. The van der Waals surface area contributed by atoms with E-state index in [0.717, 1.165) is 6.92 Å². The lowest BCUT2D eigenvalue weighted by Crippen LogP contribution is -2.17. The first-order valence-electron chi connectivity index (χ1n) is 8.05. The van der Waals surface area contributed by atoms with Gasteiger partial charge in [-0.2, -0.15) is 0 Å². The third-order valence-corrected chi connectivity index (χ3v) is 4.28. The van der Waals surface area contributed by atoms with Crippen molar-refractivity contribution in [2.45, 2.75) is 52.4 Å². The van der Waals surface area contributed by atoms with E-state index in [1.807, 2.05) is 20.8 Å². The number of esters is 1. The molecule has 0 spiro atoms. The molecule has 0 N–H and O–H groups in total. The Kier molecular flexibility index (Phi) is 7.23. The molecule has 1 aromatic rings. The topological polar surface area (TPSA) is 39.2 Å². The number of rotatable bonds is 7. The van der Waals surface area contributed by atoms with Crippen molar-refractivity contribution in [3.63, 3.8) is 0 Å². The lowest BCUT2D eigenvalue weighted by atomic mass is 9.91. The molecule has 1 heterocycles. The van der Waals surface area contributed by atoms with E-state index in [9.17, 15) is 13.6 Å². The summed E-state index contributed by atoms with van der Waals surface area (Å²) in [5, 5.41) is 0.571. The average Bonchev–Trinajstić information content (AvgIpc) is 2.90. The fourth-order valence-electron chi connectivity index (χ4n) is 2.05. The molecule has 0 bridgehead atoms. The summed E-state index contributed by atoms with van der Waals surface area (Å²) in [4.78, 5) is 17.1. The molecule has 0 amide bonds. The molecule has 0 fully saturated rings. The van der Waals surface area contributed by atoms with Crippen LogP contribution in [-0.4, -0.2) is 23.5 Å². The van der Waals surface area contributed by atoms with E-state index in [0.29, 0.717) is 15.6 Å². The van der Waals surface area contributed by atoms with Crippen molar-refractivity contribution < 1.29 is 18.3 Å². The van der Waals surface area contributed by atoms with Crippen LogP contribution in [-0.2, 0) is 10.2 Å². The van der Waals surface area contributed by atoms with Crippen LogP contribution in [0, 0.1) is 0 Å². The summed E-state index contributed by atoms with van der Waals surface area (Å²) >= 11 is 1.20. The quantitative estimate of drug-likeness (QED) is 0.347. The highest BCUT2D eigenvalue weighted by molar-refractivity contribution is 7.14. The maximum Gasteiger partial charge on any atom is 0.350 e. The second-order valence-corrected chi connectivity index (χ2v) is 7.66. The van der Waals surface area contributed by atoms with Gasteiger partial charge in [-0.05, 0) is 19.4 Å². The van der Waals surface area contributed by atoms with E-state index in [1.165, 1.54) is 29.6 Å². The molecule has 0 saturated carbocycles. The number of thiazole rings is 1. The summed E-state index contributed by atoms with van der Waals surface area (Å²) in [5.41, 5.74) is 0.286. The molecule has 3 nitrogen and oxygen atoms in total. The summed E-state index contributed by atoms with van der Waals surface area (Å²) in [5.74, 6) is -3.32. The Balaban J connectivity index is 3.18. The molecule has 0 aliphatic heterocycles.